The highest BCUT2D eigenvalue weighted by Gasteiger charge is 2.19. The second-order valence-electron chi connectivity index (χ2n) is 4.46. The van der Waals surface area contributed by atoms with Crippen LogP contribution >= 0.6 is 0 Å². The molecule has 3 heteroatoms. The first-order valence-corrected chi connectivity index (χ1v) is 5.80. The number of aromatic nitrogens is 2. The van der Waals surface area contributed by atoms with Gasteiger partial charge in [0, 0.05) is 12.7 Å². The lowest BCUT2D eigenvalue weighted by atomic mass is 10.2. The number of nitrogens with zero attached hydrogens (tertiary/aromatic N) is 2. The monoisotopic (exact) mass is 205 g/mol. The van der Waals surface area contributed by atoms with Gasteiger partial charge in [-0.25, -0.2) is 4.98 Å². The highest BCUT2D eigenvalue weighted by molar-refractivity contribution is 5.39. The molecule has 2 rings (SSSR count). The van der Waals surface area contributed by atoms with Crippen molar-refractivity contribution in [2.45, 2.75) is 39.5 Å². The van der Waals surface area contributed by atoms with E-state index < -0.39 is 0 Å². The minimum Gasteiger partial charge on any atom is -0.369 e. The first-order chi connectivity index (χ1) is 7.25. The lowest BCUT2D eigenvalue weighted by Crippen LogP contribution is -2.07. The lowest BCUT2D eigenvalue weighted by Gasteiger charge is -2.07. The van der Waals surface area contributed by atoms with E-state index in [9.17, 15) is 0 Å². The maximum Gasteiger partial charge on any atom is 0.147 e. The molecule has 1 aromatic rings. The molecule has 0 bridgehead atoms. The summed E-state index contributed by atoms with van der Waals surface area (Å²) in [6.45, 7) is 4.99. The van der Waals surface area contributed by atoms with Crippen molar-refractivity contribution in [2.75, 3.05) is 11.9 Å². The Bertz CT molecular complexity index is 332. The van der Waals surface area contributed by atoms with Crippen LogP contribution in [0.2, 0.25) is 0 Å². The van der Waals surface area contributed by atoms with Gasteiger partial charge in [0.2, 0.25) is 0 Å². The molecule has 0 amide bonds. The SMILES string of the molecule is Cc1cnc(C)c(NCCCC2CC2)n1. The molecule has 1 aliphatic carbocycles. The van der Waals surface area contributed by atoms with Gasteiger partial charge >= 0.3 is 0 Å². The van der Waals surface area contributed by atoms with Crippen molar-refractivity contribution < 1.29 is 0 Å². The van der Waals surface area contributed by atoms with E-state index in [4.69, 9.17) is 0 Å². The van der Waals surface area contributed by atoms with E-state index in [1.807, 2.05) is 20.0 Å². The summed E-state index contributed by atoms with van der Waals surface area (Å²) in [5.41, 5.74) is 1.97. The summed E-state index contributed by atoms with van der Waals surface area (Å²) in [7, 11) is 0. The summed E-state index contributed by atoms with van der Waals surface area (Å²) in [4.78, 5) is 8.71. The Balaban J connectivity index is 1.78. The third kappa shape index (κ3) is 3.18. The smallest absolute Gasteiger partial charge is 0.147 e. The standard InChI is InChI=1S/C12H19N3/c1-9-8-14-10(2)12(15-9)13-7-3-4-11-5-6-11/h8,11H,3-7H2,1-2H3,(H,13,15). The number of rotatable bonds is 5. The summed E-state index contributed by atoms with van der Waals surface area (Å²) in [5.74, 6) is 1.97. The van der Waals surface area contributed by atoms with Crippen LogP contribution in [-0.4, -0.2) is 16.5 Å². The van der Waals surface area contributed by atoms with Crippen molar-refractivity contribution in [3.8, 4) is 0 Å². The molecular weight excluding hydrogens is 186 g/mol. The maximum absolute atomic E-state index is 4.43. The Morgan fingerprint density at radius 3 is 2.93 bits per heavy atom. The largest absolute Gasteiger partial charge is 0.369 e. The van der Waals surface area contributed by atoms with Crippen molar-refractivity contribution in [1.82, 2.24) is 9.97 Å². The van der Waals surface area contributed by atoms with Crippen LogP contribution in [0.15, 0.2) is 6.20 Å². The topological polar surface area (TPSA) is 37.8 Å². The van der Waals surface area contributed by atoms with Crippen LogP contribution < -0.4 is 5.32 Å². The molecule has 3 nitrogen and oxygen atoms in total. The van der Waals surface area contributed by atoms with Crippen molar-refractivity contribution in [3.05, 3.63) is 17.6 Å². The van der Waals surface area contributed by atoms with Gasteiger partial charge in [-0.3, -0.25) is 4.98 Å². The molecule has 1 heterocycles. The Morgan fingerprint density at radius 1 is 1.40 bits per heavy atom. The first-order valence-electron chi connectivity index (χ1n) is 5.80. The molecule has 1 fully saturated rings. The van der Waals surface area contributed by atoms with Gasteiger partial charge in [-0.1, -0.05) is 12.8 Å². The van der Waals surface area contributed by atoms with Gasteiger partial charge < -0.3 is 5.32 Å². The fourth-order valence-electron chi connectivity index (χ4n) is 1.71. The number of aryl methyl sites for hydroxylation is 2. The van der Waals surface area contributed by atoms with Crippen molar-refractivity contribution >= 4 is 5.82 Å². The fraction of sp³-hybridized carbons (Fsp3) is 0.667. The van der Waals surface area contributed by atoms with Crippen LogP contribution in [0.3, 0.4) is 0 Å². The van der Waals surface area contributed by atoms with Gasteiger partial charge in [-0.2, -0.15) is 0 Å². The third-order valence-corrected chi connectivity index (χ3v) is 2.85. The highest BCUT2D eigenvalue weighted by atomic mass is 15.0. The van der Waals surface area contributed by atoms with Gasteiger partial charge in [0.15, 0.2) is 0 Å². The van der Waals surface area contributed by atoms with E-state index in [0.29, 0.717) is 0 Å². The second-order valence-corrected chi connectivity index (χ2v) is 4.46. The second kappa shape index (κ2) is 4.60. The van der Waals surface area contributed by atoms with Crippen LogP contribution in [0.1, 0.15) is 37.1 Å². The molecule has 0 unspecified atom stereocenters. The Labute approximate surface area is 91.3 Å². The van der Waals surface area contributed by atoms with Crippen molar-refractivity contribution in [2.24, 2.45) is 5.92 Å². The van der Waals surface area contributed by atoms with Gasteiger partial charge in [0.25, 0.3) is 0 Å². The lowest BCUT2D eigenvalue weighted by molar-refractivity contribution is 0.686. The molecule has 1 saturated carbocycles. The third-order valence-electron chi connectivity index (χ3n) is 2.85. The first kappa shape index (κ1) is 10.4. The number of anilines is 1. The van der Waals surface area contributed by atoms with Gasteiger partial charge in [-0.05, 0) is 32.6 Å². The van der Waals surface area contributed by atoms with Crippen LogP contribution in [-0.2, 0) is 0 Å². The fourth-order valence-corrected chi connectivity index (χ4v) is 1.71. The van der Waals surface area contributed by atoms with Crippen molar-refractivity contribution in [1.29, 1.82) is 0 Å². The predicted molar refractivity (Wildman–Crippen MR) is 62.0 cm³/mol. The molecule has 1 N–H and O–H groups in total. The van der Waals surface area contributed by atoms with E-state index in [1.165, 1.54) is 25.7 Å². The zero-order valence-electron chi connectivity index (χ0n) is 9.58. The normalized spacial score (nSPS) is 15.3. The number of hydrogen-bond donors (Lipinski definition) is 1. The molecule has 1 aliphatic rings. The minimum atomic E-state index is 0.950. The summed E-state index contributed by atoms with van der Waals surface area (Å²) in [6.07, 6.45) is 7.32. The molecule has 0 atom stereocenters. The summed E-state index contributed by atoms with van der Waals surface area (Å²) in [5, 5.41) is 3.36. The number of hydrogen-bond acceptors (Lipinski definition) is 3. The molecular formula is C12H19N3. The molecule has 82 valence electrons. The van der Waals surface area contributed by atoms with Gasteiger partial charge in [0.1, 0.15) is 5.82 Å². The van der Waals surface area contributed by atoms with Crippen LogP contribution in [0, 0.1) is 19.8 Å². The molecule has 0 saturated heterocycles. The van der Waals surface area contributed by atoms with Crippen LogP contribution in [0.25, 0.3) is 0 Å². The van der Waals surface area contributed by atoms with E-state index in [0.717, 1.165) is 29.7 Å². The molecule has 1 aromatic heterocycles. The average Bonchev–Trinajstić information content (AvgIpc) is 3.01. The zero-order chi connectivity index (χ0) is 10.7. The molecule has 0 aromatic carbocycles. The van der Waals surface area contributed by atoms with Crippen LogP contribution in [0.5, 0.6) is 0 Å². The quantitative estimate of drug-likeness (QED) is 0.751. The Morgan fingerprint density at radius 2 is 2.20 bits per heavy atom. The number of nitrogens with one attached hydrogen (secondary N) is 1. The average molecular weight is 205 g/mol. The molecule has 0 radical (unpaired) electrons. The molecule has 15 heavy (non-hydrogen) atoms. The van der Waals surface area contributed by atoms with Gasteiger partial charge in [0.05, 0.1) is 11.4 Å². The molecule has 0 spiro atoms. The summed E-state index contributed by atoms with van der Waals surface area (Å²) < 4.78 is 0. The van der Waals surface area contributed by atoms with E-state index >= 15 is 0 Å². The van der Waals surface area contributed by atoms with E-state index in [1.54, 1.807) is 0 Å². The summed E-state index contributed by atoms with van der Waals surface area (Å²) in [6, 6.07) is 0. The van der Waals surface area contributed by atoms with Gasteiger partial charge in [-0.15, -0.1) is 0 Å². The van der Waals surface area contributed by atoms with E-state index in [2.05, 4.69) is 15.3 Å². The summed E-state index contributed by atoms with van der Waals surface area (Å²) >= 11 is 0. The molecule has 0 aliphatic heterocycles. The predicted octanol–water partition coefficient (Wildman–Crippen LogP) is 2.70. The maximum atomic E-state index is 4.43. The highest BCUT2D eigenvalue weighted by Crippen LogP contribution is 2.33. The van der Waals surface area contributed by atoms with Crippen LogP contribution in [0.4, 0.5) is 5.82 Å². The minimum absolute atomic E-state index is 0.950. The Hall–Kier alpha value is -1.12. The van der Waals surface area contributed by atoms with E-state index in [-0.39, 0.29) is 0 Å². The van der Waals surface area contributed by atoms with Crippen molar-refractivity contribution in [3.63, 3.8) is 0 Å². The zero-order valence-corrected chi connectivity index (χ0v) is 9.58. The Kier molecular flexibility index (Phi) is 3.19.